The van der Waals surface area contributed by atoms with E-state index in [9.17, 15) is 22.0 Å². The van der Waals surface area contributed by atoms with Crippen molar-refractivity contribution in [2.45, 2.75) is 19.5 Å². The van der Waals surface area contributed by atoms with E-state index in [0.29, 0.717) is 38.5 Å². The molecule has 2 heterocycles. The van der Waals surface area contributed by atoms with E-state index in [4.69, 9.17) is 9.47 Å². The summed E-state index contributed by atoms with van der Waals surface area (Å²) in [7, 11) is -3.92. The first kappa shape index (κ1) is 23.2. The Morgan fingerprint density at radius 1 is 1.03 bits per heavy atom. The first-order chi connectivity index (χ1) is 15.6. The van der Waals surface area contributed by atoms with E-state index >= 15 is 0 Å². The van der Waals surface area contributed by atoms with E-state index in [2.05, 4.69) is 4.90 Å². The lowest BCUT2D eigenvalue weighted by Gasteiger charge is -2.38. The van der Waals surface area contributed by atoms with E-state index in [-0.39, 0.29) is 12.5 Å². The van der Waals surface area contributed by atoms with Gasteiger partial charge < -0.3 is 14.4 Å². The number of ether oxygens (including phenoxy) is 2. The number of sulfonamides is 1. The molecule has 8 nitrogen and oxygen atoms in total. The second kappa shape index (κ2) is 9.14. The molecule has 11 heteroatoms. The van der Waals surface area contributed by atoms with Gasteiger partial charge in [0.2, 0.25) is 22.7 Å². The number of amides is 1. The lowest BCUT2D eigenvalue weighted by atomic mass is 10.1. The molecule has 178 valence electrons. The molecule has 1 fully saturated rings. The molecule has 2 aliphatic heterocycles. The predicted molar refractivity (Wildman–Crippen MR) is 118 cm³/mol. The molecular weight excluding hydrogens is 456 g/mol. The second-order valence-corrected chi connectivity index (χ2v) is 9.98. The van der Waals surface area contributed by atoms with Crippen molar-refractivity contribution in [2.75, 3.05) is 43.5 Å². The summed E-state index contributed by atoms with van der Waals surface area (Å²) in [4.78, 5) is 16.9. The highest BCUT2D eigenvalue weighted by Crippen LogP contribution is 2.33. The molecule has 0 saturated carbocycles. The normalized spacial score (nSPS) is 17.2. The van der Waals surface area contributed by atoms with Gasteiger partial charge in [0.25, 0.3) is 0 Å². The lowest BCUT2D eigenvalue weighted by Crippen LogP contribution is -2.55. The molecule has 0 N–H and O–H groups in total. The van der Waals surface area contributed by atoms with E-state index in [0.717, 1.165) is 40.1 Å². The molecule has 2 aliphatic rings. The molecule has 0 spiro atoms. The molecule has 33 heavy (non-hydrogen) atoms. The number of nitrogens with zero attached hydrogens (tertiary/aromatic N) is 3. The summed E-state index contributed by atoms with van der Waals surface area (Å²) in [6, 6.07) is 7.44. The summed E-state index contributed by atoms with van der Waals surface area (Å²) in [6.45, 7) is 4.40. The van der Waals surface area contributed by atoms with Crippen LogP contribution in [0.5, 0.6) is 11.5 Å². The van der Waals surface area contributed by atoms with Crippen molar-refractivity contribution in [2.24, 2.45) is 0 Å². The Morgan fingerprint density at radius 3 is 2.39 bits per heavy atom. The summed E-state index contributed by atoms with van der Waals surface area (Å²) in [5, 5.41) is 0. The van der Waals surface area contributed by atoms with E-state index in [1.807, 2.05) is 18.2 Å². The number of halogens is 2. The Hall–Kier alpha value is -2.92. The fourth-order valence-corrected chi connectivity index (χ4v) is 5.27. The maximum atomic E-state index is 13.7. The van der Waals surface area contributed by atoms with E-state index in [1.54, 1.807) is 4.90 Å². The van der Waals surface area contributed by atoms with Crippen molar-refractivity contribution in [3.8, 4) is 11.5 Å². The molecule has 2 aromatic rings. The third-order valence-corrected chi connectivity index (χ3v) is 6.99. The van der Waals surface area contributed by atoms with Crippen LogP contribution in [0.25, 0.3) is 0 Å². The Bertz CT molecular complexity index is 1150. The largest absolute Gasteiger partial charge is 0.454 e. The molecule has 0 unspecified atom stereocenters. The van der Waals surface area contributed by atoms with Crippen LogP contribution in [-0.2, 0) is 21.4 Å². The molecule has 2 aromatic carbocycles. The predicted octanol–water partition coefficient (Wildman–Crippen LogP) is 2.19. The molecule has 1 amide bonds. The minimum atomic E-state index is -3.92. The number of hydrogen-bond acceptors (Lipinski definition) is 6. The maximum absolute atomic E-state index is 13.7. The second-order valence-electron chi connectivity index (χ2n) is 8.12. The number of anilines is 1. The summed E-state index contributed by atoms with van der Waals surface area (Å²) in [6.07, 6.45) is 0.932. The first-order valence-electron chi connectivity index (χ1n) is 10.5. The number of fused-ring (bicyclic) bond motifs is 1. The number of carbonyl (C=O) groups excluding carboxylic acids is 1. The SMILES string of the molecule is C[C@@H](C(=O)N1CCN(Cc2ccc3c(c2)OCO3)CC1)N(c1ccc(F)c(F)c1)S(C)(=O)=O. The number of benzene rings is 2. The first-order valence-corrected chi connectivity index (χ1v) is 12.3. The molecule has 4 rings (SSSR count). The average Bonchev–Trinajstić information content (AvgIpc) is 3.23. The topological polar surface area (TPSA) is 79.4 Å². The highest BCUT2D eigenvalue weighted by molar-refractivity contribution is 7.92. The molecule has 0 aromatic heterocycles. The minimum absolute atomic E-state index is 0.0984. The smallest absolute Gasteiger partial charge is 0.246 e. The van der Waals surface area contributed by atoms with E-state index in [1.165, 1.54) is 6.92 Å². The van der Waals surface area contributed by atoms with Gasteiger partial charge in [-0.3, -0.25) is 14.0 Å². The quantitative estimate of drug-likeness (QED) is 0.630. The van der Waals surface area contributed by atoms with Gasteiger partial charge in [-0.05, 0) is 36.8 Å². The van der Waals surface area contributed by atoms with Crippen LogP contribution in [0.15, 0.2) is 36.4 Å². The van der Waals surface area contributed by atoms with Crippen molar-refractivity contribution in [1.29, 1.82) is 0 Å². The molecule has 0 radical (unpaired) electrons. The van der Waals surface area contributed by atoms with Gasteiger partial charge in [0.05, 0.1) is 11.9 Å². The van der Waals surface area contributed by atoms with Gasteiger partial charge in [0.1, 0.15) is 6.04 Å². The van der Waals surface area contributed by atoms with Gasteiger partial charge >= 0.3 is 0 Å². The Balaban J connectivity index is 1.40. The zero-order valence-electron chi connectivity index (χ0n) is 18.3. The standard InChI is InChI=1S/C22H25F2N3O5S/c1-15(27(33(2,29)30)17-4-5-18(23)19(24)12-17)22(28)26-9-7-25(8-10-26)13-16-3-6-20-21(11-16)32-14-31-20/h3-6,11-12,15H,7-10,13-14H2,1-2H3/t15-/m0/s1. The van der Waals surface area contributed by atoms with Crippen molar-refractivity contribution in [1.82, 2.24) is 9.80 Å². The Labute approximate surface area is 191 Å². The van der Waals surface area contributed by atoms with Gasteiger partial charge in [0, 0.05) is 38.8 Å². The van der Waals surface area contributed by atoms with Crippen LogP contribution >= 0.6 is 0 Å². The number of carbonyl (C=O) groups is 1. The number of piperazine rings is 1. The fraction of sp³-hybridized carbons (Fsp3) is 0.409. The monoisotopic (exact) mass is 481 g/mol. The van der Waals surface area contributed by atoms with Crippen molar-refractivity contribution < 1.29 is 31.5 Å². The zero-order chi connectivity index (χ0) is 23.8. The summed E-state index contributed by atoms with van der Waals surface area (Å²) in [5.74, 6) is -1.23. The molecule has 1 atom stereocenters. The maximum Gasteiger partial charge on any atom is 0.246 e. The van der Waals surface area contributed by atoms with Gasteiger partial charge in [-0.1, -0.05) is 6.07 Å². The van der Waals surface area contributed by atoms with Crippen LogP contribution in [0.1, 0.15) is 12.5 Å². The molecular formula is C22H25F2N3O5S. The molecule has 0 bridgehead atoms. The number of rotatable bonds is 6. The lowest BCUT2D eigenvalue weighted by molar-refractivity contribution is -0.133. The van der Waals surface area contributed by atoms with Crippen LogP contribution in [0.4, 0.5) is 14.5 Å². The van der Waals surface area contributed by atoms with E-state index < -0.39 is 33.6 Å². The van der Waals surface area contributed by atoms with Gasteiger partial charge in [-0.25, -0.2) is 17.2 Å². The summed E-state index contributed by atoms with van der Waals surface area (Å²) in [5.41, 5.74) is 0.965. The minimum Gasteiger partial charge on any atom is -0.454 e. The third kappa shape index (κ3) is 5.03. The van der Waals surface area contributed by atoms with Gasteiger partial charge in [-0.15, -0.1) is 0 Å². The summed E-state index contributed by atoms with van der Waals surface area (Å²) >= 11 is 0. The average molecular weight is 482 g/mol. The van der Waals surface area contributed by atoms with Gasteiger partial charge in [-0.2, -0.15) is 0 Å². The summed E-state index contributed by atoms with van der Waals surface area (Å²) < 4.78 is 63.4. The van der Waals surface area contributed by atoms with Crippen LogP contribution in [0, 0.1) is 11.6 Å². The fourth-order valence-electron chi connectivity index (χ4n) is 4.11. The number of hydrogen-bond donors (Lipinski definition) is 0. The third-order valence-electron chi connectivity index (χ3n) is 5.75. The van der Waals surface area contributed by atoms with Crippen molar-refractivity contribution in [3.63, 3.8) is 0 Å². The highest BCUT2D eigenvalue weighted by Gasteiger charge is 2.33. The van der Waals surface area contributed by atoms with Crippen LogP contribution in [0.3, 0.4) is 0 Å². The Kier molecular flexibility index (Phi) is 6.44. The van der Waals surface area contributed by atoms with Crippen LogP contribution < -0.4 is 13.8 Å². The molecule has 1 saturated heterocycles. The van der Waals surface area contributed by atoms with Gasteiger partial charge in [0.15, 0.2) is 23.1 Å². The highest BCUT2D eigenvalue weighted by atomic mass is 32.2. The molecule has 0 aliphatic carbocycles. The van der Waals surface area contributed by atoms with Crippen molar-refractivity contribution in [3.05, 3.63) is 53.6 Å². The zero-order valence-corrected chi connectivity index (χ0v) is 19.1. The Morgan fingerprint density at radius 2 is 1.73 bits per heavy atom. The van der Waals surface area contributed by atoms with Crippen LogP contribution in [-0.4, -0.2) is 69.4 Å². The van der Waals surface area contributed by atoms with Crippen molar-refractivity contribution >= 4 is 21.6 Å². The van der Waals surface area contributed by atoms with Crippen LogP contribution in [0.2, 0.25) is 0 Å².